The van der Waals surface area contributed by atoms with Crippen molar-refractivity contribution in [3.8, 4) is 0 Å². The topological polar surface area (TPSA) is 35.5 Å². The lowest BCUT2D eigenvalue weighted by molar-refractivity contribution is -0.127. The molecule has 1 saturated heterocycles. The summed E-state index contributed by atoms with van der Waals surface area (Å²) in [5.41, 5.74) is 1.10. The molecule has 0 N–H and O–H groups in total. The summed E-state index contributed by atoms with van der Waals surface area (Å²) in [6.07, 6.45) is 0.841. The van der Waals surface area contributed by atoms with Crippen LogP contribution >= 0.6 is 0 Å². The Hall–Kier alpha value is -1.19. The van der Waals surface area contributed by atoms with Crippen molar-refractivity contribution in [2.45, 2.75) is 13.0 Å². The number of benzene rings is 1. The monoisotopic (exact) mass is 220 g/mol. The predicted molar refractivity (Wildman–Crippen MR) is 60.0 cm³/mol. The molecule has 0 aliphatic carbocycles. The first-order valence-corrected chi connectivity index (χ1v) is 5.58. The predicted octanol–water partition coefficient (Wildman–Crippen LogP) is 1.81. The SMILES string of the molecule is O=C(COCc1ccccc1)C1CCOC1. The summed E-state index contributed by atoms with van der Waals surface area (Å²) in [5.74, 6) is 0.212. The van der Waals surface area contributed by atoms with Gasteiger partial charge in [0.1, 0.15) is 6.61 Å². The molecule has 0 amide bonds. The van der Waals surface area contributed by atoms with E-state index >= 15 is 0 Å². The number of ether oxygens (including phenoxy) is 2. The van der Waals surface area contributed by atoms with Gasteiger partial charge in [-0.3, -0.25) is 4.79 Å². The Morgan fingerprint density at radius 3 is 2.88 bits per heavy atom. The van der Waals surface area contributed by atoms with Crippen LogP contribution in [0.3, 0.4) is 0 Å². The van der Waals surface area contributed by atoms with Crippen LogP contribution in [0.25, 0.3) is 0 Å². The molecule has 1 aliphatic rings. The van der Waals surface area contributed by atoms with Crippen LogP contribution in [0.2, 0.25) is 0 Å². The quantitative estimate of drug-likeness (QED) is 0.759. The van der Waals surface area contributed by atoms with Gasteiger partial charge in [-0.1, -0.05) is 30.3 Å². The molecule has 1 aromatic carbocycles. The maximum absolute atomic E-state index is 11.6. The number of rotatable bonds is 5. The second-order valence-corrected chi connectivity index (χ2v) is 4.01. The molecule has 0 saturated carbocycles. The molecule has 0 bridgehead atoms. The number of carbonyl (C=O) groups is 1. The molecule has 16 heavy (non-hydrogen) atoms. The van der Waals surface area contributed by atoms with Crippen molar-refractivity contribution >= 4 is 5.78 Å². The van der Waals surface area contributed by atoms with Crippen LogP contribution in [0.15, 0.2) is 30.3 Å². The van der Waals surface area contributed by atoms with Crippen molar-refractivity contribution in [3.05, 3.63) is 35.9 Å². The largest absolute Gasteiger partial charge is 0.381 e. The lowest BCUT2D eigenvalue weighted by Crippen LogP contribution is -2.19. The van der Waals surface area contributed by atoms with Crippen molar-refractivity contribution in [3.63, 3.8) is 0 Å². The van der Waals surface area contributed by atoms with E-state index in [1.165, 1.54) is 0 Å². The summed E-state index contributed by atoms with van der Waals surface area (Å²) in [5, 5.41) is 0. The van der Waals surface area contributed by atoms with E-state index in [2.05, 4.69) is 0 Å². The molecule has 0 spiro atoms. The van der Waals surface area contributed by atoms with Crippen LogP contribution in [0.5, 0.6) is 0 Å². The van der Waals surface area contributed by atoms with Gasteiger partial charge in [-0.25, -0.2) is 0 Å². The number of hydrogen-bond donors (Lipinski definition) is 0. The zero-order valence-electron chi connectivity index (χ0n) is 9.22. The maximum atomic E-state index is 11.6. The van der Waals surface area contributed by atoms with Gasteiger partial charge in [-0.05, 0) is 12.0 Å². The molecule has 1 aliphatic heterocycles. The van der Waals surface area contributed by atoms with E-state index in [9.17, 15) is 4.79 Å². The van der Waals surface area contributed by atoms with Crippen LogP contribution in [0, 0.1) is 5.92 Å². The lowest BCUT2D eigenvalue weighted by atomic mass is 10.0. The molecular weight excluding hydrogens is 204 g/mol. The first kappa shape index (κ1) is 11.3. The van der Waals surface area contributed by atoms with Crippen LogP contribution in [0.1, 0.15) is 12.0 Å². The van der Waals surface area contributed by atoms with Crippen LogP contribution in [0.4, 0.5) is 0 Å². The van der Waals surface area contributed by atoms with Gasteiger partial charge in [0, 0.05) is 12.5 Å². The molecule has 1 unspecified atom stereocenters. The van der Waals surface area contributed by atoms with Crippen molar-refractivity contribution in [1.82, 2.24) is 0 Å². The summed E-state index contributed by atoms with van der Waals surface area (Å²) in [6, 6.07) is 9.87. The van der Waals surface area contributed by atoms with Gasteiger partial charge < -0.3 is 9.47 Å². The van der Waals surface area contributed by atoms with Crippen LogP contribution < -0.4 is 0 Å². The molecule has 1 aromatic rings. The molecule has 1 heterocycles. The Labute approximate surface area is 95.4 Å². The molecule has 3 heteroatoms. The Morgan fingerprint density at radius 2 is 2.19 bits per heavy atom. The third-order valence-corrected chi connectivity index (χ3v) is 2.74. The van der Waals surface area contributed by atoms with Gasteiger partial charge in [0.05, 0.1) is 13.2 Å². The van der Waals surface area contributed by atoms with Crippen molar-refractivity contribution in [2.75, 3.05) is 19.8 Å². The number of ketones is 1. The average molecular weight is 220 g/mol. The molecular formula is C13H16O3. The maximum Gasteiger partial charge on any atom is 0.163 e. The van der Waals surface area contributed by atoms with Crippen molar-refractivity contribution in [1.29, 1.82) is 0 Å². The van der Waals surface area contributed by atoms with Crippen LogP contribution in [-0.4, -0.2) is 25.6 Å². The molecule has 1 fully saturated rings. The smallest absolute Gasteiger partial charge is 0.163 e. The Morgan fingerprint density at radius 1 is 1.38 bits per heavy atom. The van der Waals surface area contributed by atoms with E-state index in [0.29, 0.717) is 19.8 Å². The highest BCUT2D eigenvalue weighted by molar-refractivity contribution is 5.82. The van der Waals surface area contributed by atoms with Gasteiger partial charge >= 0.3 is 0 Å². The van der Waals surface area contributed by atoms with E-state index in [1.54, 1.807) is 0 Å². The second kappa shape index (κ2) is 5.77. The van der Waals surface area contributed by atoms with E-state index in [4.69, 9.17) is 9.47 Å². The molecule has 1 atom stereocenters. The molecule has 0 aromatic heterocycles. The lowest BCUT2D eigenvalue weighted by Gasteiger charge is -2.07. The molecule has 2 rings (SSSR count). The summed E-state index contributed by atoms with van der Waals surface area (Å²) in [6.45, 7) is 1.96. The third-order valence-electron chi connectivity index (χ3n) is 2.74. The highest BCUT2D eigenvalue weighted by Crippen LogP contribution is 2.13. The minimum atomic E-state index is 0.0516. The van der Waals surface area contributed by atoms with Gasteiger partial charge in [0.2, 0.25) is 0 Å². The normalized spacial score (nSPS) is 19.9. The molecule has 3 nitrogen and oxygen atoms in total. The summed E-state index contributed by atoms with van der Waals surface area (Å²) >= 11 is 0. The van der Waals surface area contributed by atoms with Gasteiger partial charge in [0.25, 0.3) is 0 Å². The number of Topliss-reactive ketones (excluding diaryl/α,β-unsaturated/α-hetero) is 1. The van der Waals surface area contributed by atoms with E-state index < -0.39 is 0 Å². The zero-order chi connectivity index (χ0) is 11.2. The Balaban J connectivity index is 1.70. The minimum absolute atomic E-state index is 0.0516. The fourth-order valence-corrected chi connectivity index (χ4v) is 1.75. The Bertz CT molecular complexity index is 328. The number of hydrogen-bond acceptors (Lipinski definition) is 3. The van der Waals surface area contributed by atoms with Crippen molar-refractivity contribution in [2.24, 2.45) is 5.92 Å². The van der Waals surface area contributed by atoms with Gasteiger partial charge in [0.15, 0.2) is 5.78 Å². The van der Waals surface area contributed by atoms with Crippen LogP contribution in [-0.2, 0) is 20.9 Å². The highest BCUT2D eigenvalue weighted by Gasteiger charge is 2.23. The summed E-state index contributed by atoms with van der Waals surface area (Å²) in [7, 11) is 0. The minimum Gasteiger partial charge on any atom is -0.381 e. The first-order chi connectivity index (χ1) is 7.86. The Kier molecular flexibility index (Phi) is 4.08. The second-order valence-electron chi connectivity index (χ2n) is 4.01. The van der Waals surface area contributed by atoms with E-state index in [1.807, 2.05) is 30.3 Å². The van der Waals surface area contributed by atoms with Gasteiger partial charge in [-0.15, -0.1) is 0 Å². The third kappa shape index (κ3) is 3.15. The summed E-state index contributed by atoms with van der Waals surface area (Å²) in [4.78, 5) is 11.6. The molecule has 0 radical (unpaired) electrons. The fraction of sp³-hybridized carbons (Fsp3) is 0.462. The molecule has 86 valence electrons. The zero-order valence-corrected chi connectivity index (χ0v) is 9.22. The standard InChI is InChI=1S/C13H16O3/c14-13(12-6-7-15-9-12)10-16-8-11-4-2-1-3-5-11/h1-5,12H,6-10H2. The number of carbonyl (C=O) groups excluding carboxylic acids is 1. The first-order valence-electron chi connectivity index (χ1n) is 5.58. The summed E-state index contributed by atoms with van der Waals surface area (Å²) < 4.78 is 10.6. The van der Waals surface area contributed by atoms with E-state index in [-0.39, 0.29) is 18.3 Å². The fourth-order valence-electron chi connectivity index (χ4n) is 1.75. The highest BCUT2D eigenvalue weighted by atomic mass is 16.5. The van der Waals surface area contributed by atoms with Gasteiger partial charge in [-0.2, -0.15) is 0 Å². The average Bonchev–Trinajstić information content (AvgIpc) is 2.84. The van der Waals surface area contributed by atoms with Crippen molar-refractivity contribution < 1.29 is 14.3 Å². The van der Waals surface area contributed by atoms with E-state index in [0.717, 1.165) is 12.0 Å².